The SMILES string of the molecule is C=C[C@@H]1C[C@@]12NC(=O)[C@@H]1C[C@@H](Oc3cc(-c4ccccc4)nc4cc(OC)ccc34)CN1C(=O)CCc1cccc(c1)CC(=O)Nc1ccccc1S(=O)(=O)NC2=O. The molecule has 5 aromatic rings. The number of pyridine rings is 1. The molecule has 4 aromatic carbocycles. The van der Waals surface area contributed by atoms with Crippen LogP contribution in [0.1, 0.15) is 30.4 Å². The van der Waals surface area contributed by atoms with Gasteiger partial charge in [0.25, 0.3) is 15.9 Å². The van der Waals surface area contributed by atoms with Crippen LogP contribution in [-0.2, 0) is 42.0 Å². The summed E-state index contributed by atoms with van der Waals surface area (Å²) >= 11 is 0. The lowest BCUT2D eigenvalue weighted by molar-refractivity contribution is -0.139. The molecule has 0 radical (unpaired) electrons. The number of rotatable bonds is 5. The van der Waals surface area contributed by atoms with E-state index in [0.717, 1.165) is 11.1 Å². The van der Waals surface area contributed by atoms with Gasteiger partial charge in [-0.15, -0.1) is 6.58 Å². The summed E-state index contributed by atoms with van der Waals surface area (Å²) in [4.78, 5) is 61.7. The first kappa shape index (κ1) is 38.3. The Kier molecular flexibility index (Phi) is 10.2. The van der Waals surface area contributed by atoms with E-state index in [9.17, 15) is 27.6 Å². The summed E-state index contributed by atoms with van der Waals surface area (Å²) in [6, 6.07) is 28.9. The molecule has 2 bridgehead atoms. The predicted molar refractivity (Wildman–Crippen MR) is 216 cm³/mol. The summed E-state index contributed by atoms with van der Waals surface area (Å²) < 4.78 is 41.8. The second kappa shape index (κ2) is 15.4. The third-order valence-corrected chi connectivity index (χ3v) is 12.3. The molecule has 14 heteroatoms. The number of anilines is 1. The zero-order chi connectivity index (χ0) is 40.6. The number of amides is 4. The standard InChI is InChI=1S/C44H41N5O8S/c1-3-30-25-44(30)43(53)48-58(54,55)39-15-8-7-14-34(39)46-40(50)21-28-11-9-10-27(20-28)16-19-41(51)49-26-32(23-37(49)42(52)47-44)57-38-24-35(29-12-5-4-6-13-29)45-36-22-31(56-2)17-18-33(36)38/h3-15,17-18,20,22,24,30,32,37H,1,16,19,21,23,25-26H2,2H3,(H,46,50)(H,47,52)(H,48,53)/t30-,32-,37+,44-/m1/s1. The summed E-state index contributed by atoms with van der Waals surface area (Å²) in [5.74, 6) is -1.84. The van der Waals surface area contributed by atoms with Gasteiger partial charge in [-0.1, -0.05) is 72.8 Å². The van der Waals surface area contributed by atoms with Crippen LogP contribution in [0, 0.1) is 5.92 Å². The Labute approximate surface area is 335 Å². The van der Waals surface area contributed by atoms with Gasteiger partial charge in [-0.05, 0) is 48.2 Å². The highest BCUT2D eigenvalue weighted by Crippen LogP contribution is 2.45. The van der Waals surface area contributed by atoms with E-state index in [2.05, 4.69) is 21.9 Å². The van der Waals surface area contributed by atoms with Crippen LogP contribution in [0.15, 0.2) is 121 Å². The highest BCUT2D eigenvalue weighted by Gasteiger charge is 2.61. The van der Waals surface area contributed by atoms with Crippen LogP contribution in [0.4, 0.5) is 5.69 Å². The molecule has 3 N–H and O–H groups in total. The van der Waals surface area contributed by atoms with Crippen LogP contribution in [0.3, 0.4) is 0 Å². The third-order valence-electron chi connectivity index (χ3n) is 10.9. The molecule has 4 atom stereocenters. The third kappa shape index (κ3) is 7.62. The molecular weight excluding hydrogens is 759 g/mol. The smallest absolute Gasteiger partial charge is 0.266 e. The number of sulfonamides is 1. The number of aryl methyl sites for hydroxylation is 1. The van der Waals surface area contributed by atoms with E-state index in [1.165, 1.54) is 29.2 Å². The Morgan fingerprint density at radius 1 is 0.897 bits per heavy atom. The maximum Gasteiger partial charge on any atom is 0.266 e. The van der Waals surface area contributed by atoms with Crippen LogP contribution < -0.4 is 24.8 Å². The quantitative estimate of drug-likeness (QED) is 0.208. The van der Waals surface area contributed by atoms with Crippen molar-refractivity contribution in [2.24, 2.45) is 5.92 Å². The molecule has 1 aliphatic carbocycles. The fraction of sp³-hybridized carbons (Fsp3) is 0.250. The number of carbonyl (C=O) groups is 4. The zero-order valence-corrected chi connectivity index (χ0v) is 32.5. The molecule has 1 spiro atoms. The van der Waals surface area contributed by atoms with E-state index in [1.807, 2.05) is 60.7 Å². The summed E-state index contributed by atoms with van der Waals surface area (Å²) in [7, 11) is -2.97. The molecule has 0 unspecified atom stereocenters. The second-order valence-electron chi connectivity index (χ2n) is 14.8. The molecule has 3 heterocycles. The molecule has 4 amide bonds. The number of fused-ring (bicyclic) bond motifs is 5. The number of nitrogens with zero attached hydrogens (tertiary/aromatic N) is 2. The van der Waals surface area contributed by atoms with Gasteiger partial charge in [-0.2, -0.15) is 0 Å². The van der Waals surface area contributed by atoms with Gasteiger partial charge in [0.15, 0.2) is 0 Å². The number of methoxy groups -OCH3 is 1. The van der Waals surface area contributed by atoms with Crippen molar-refractivity contribution in [3.8, 4) is 22.8 Å². The van der Waals surface area contributed by atoms with Gasteiger partial charge in [0, 0.05) is 41.8 Å². The molecule has 2 fully saturated rings. The molecule has 13 nitrogen and oxygen atoms in total. The average Bonchev–Trinajstić information content (AvgIpc) is 3.78. The fourth-order valence-electron chi connectivity index (χ4n) is 7.82. The number of carbonyl (C=O) groups excluding carboxylic acids is 4. The average molecular weight is 800 g/mol. The summed E-state index contributed by atoms with van der Waals surface area (Å²) in [5, 5.41) is 6.19. The predicted octanol–water partition coefficient (Wildman–Crippen LogP) is 4.95. The fourth-order valence-corrected chi connectivity index (χ4v) is 9.03. The first-order valence-corrected chi connectivity index (χ1v) is 20.4. The van der Waals surface area contributed by atoms with Crippen LogP contribution in [-0.4, -0.2) is 73.3 Å². The van der Waals surface area contributed by atoms with Crippen molar-refractivity contribution in [1.29, 1.82) is 0 Å². The van der Waals surface area contributed by atoms with Gasteiger partial charge in [0.1, 0.15) is 34.1 Å². The summed E-state index contributed by atoms with van der Waals surface area (Å²) in [6.45, 7) is 3.87. The number of nitrogens with one attached hydrogen (secondary N) is 3. The van der Waals surface area contributed by atoms with Crippen LogP contribution in [0.25, 0.3) is 22.2 Å². The van der Waals surface area contributed by atoms with Crippen molar-refractivity contribution >= 4 is 50.2 Å². The first-order valence-electron chi connectivity index (χ1n) is 19.0. The summed E-state index contributed by atoms with van der Waals surface area (Å²) in [5.41, 5.74) is 1.96. The van der Waals surface area contributed by atoms with Gasteiger partial charge in [-0.3, -0.25) is 19.2 Å². The largest absolute Gasteiger partial charge is 0.497 e. The van der Waals surface area contributed by atoms with E-state index >= 15 is 0 Å². The molecule has 296 valence electrons. The van der Waals surface area contributed by atoms with Gasteiger partial charge < -0.3 is 25.0 Å². The highest BCUT2D eigenvalue weighted by atomic mass is 32.2. The van der Waals surface area contributed by atoms with E-state index in [-0.39, 0.29) is 48.7 Å². The Morgan fingerprint density at radius 2 is 1.67 bits per heavy atom. The van der Waals surface area contributed by atoms with Crippen molar-refractivity contribution in [3.63, 3.8) is 0 Å². The number of ether oxygens (including phenoxy) is 2. The van der Waals surface area contributed by atoms with Gasteiger partial charge >= 0.3 is 0 Å². The number of benzene rings is 4. The van der Waals surface area contributed by atoms with E-state index < -0.39 is 51.3 Å². The highest BCUT2D eigenvalue weighted by molar-refractivity contribution is 7.90. The van der Waals surface area contributed by atoms with Crippen LogP contribution >= 0.6 is 0 Å². The number of hydrogen-bond donors (Lipinski definition) is 3. The van der Waals surface area contributed by atoms with Crippen LogP contribution in [0.2, 0.25) is 0 Å². The number of para-hydroxylation sites is 1. The molecular formula is C44H41N5O8S. The summed E-state index contributed by atoms with van der Waals surface area (Å²) in [6.07, 6.45) is 1.33. The Morgan fingerprint density at radius 3 is 2.45 bits per heavy atom. The molecule has 1 aromatic heterocycles. The first-order chi connectivity index (χ1) is 28.0. The van der Waals surface area contributed by atoms with E-state index in [1.54, 1.807) is 31.4 Å². The lowest BCUT2D eigenvalue weighted by Crippen LogP contribution is -2.56. The molecule has 8 rings (SSSR count). The van der Waals surface area contributed by atoms with Crippen molar-refractivity contribution < 1.29 is 37.1 Å². The second-order valence-corrected chi connectivity index (χ2v) is 16.4. The van der Waals surface area contributed by atoms with Gasteiger partial charge in [-0.25, -0.2) is 18.1 Å². The normalized spacial score (nSPS) is 23.3. The lowest BCUT2D eigenvalue weighted by Gasteiger charge is -2.26. The van der Waals surface area contributed by atoms with Crippen molar-refractivity contribution in [2.75, 3.05) is 19.0 Å². The van der Waals surface area contributed by atoms with Gasteiger partial charge in [0.2, 0.25) is 17.7 Å². The molecule has 58 heavy (non-hydrogen) atoms. The number of hydrogen-bond acceptors (Lipinski definition) is 9. The van der Waals surface area contributed by atoms with Crippen molar-refractivity contribution in [1.82, 2.24) is 19.9 Å². The molecule has 1 saturated carbocycles. The minimum absolute atomic E-state index is 0.00809. The maximum absolute atomic E-state index is 14.4. The topological polar surface area (TPSA) is 173 Å². The van der Waals surface area contributed by atoms with Gasteiger partial charge in [0.05, 0.1) is 37.0 Å². The zero-order valence-electron chi connectivity index (χ0n) is 31.6. The minimum Gasteiger partial charge on any atom is -0.497 e. The minimum atomic E-state index is -4.55. The Hall–Kier alpha value is -6.54. The van der Waals surface area contributed by atoms with Crippen molar-refractivity contribution in [2.45, 2.75) is 54.7 Å². The van der Waals surface area contributed by atoms with Crippen molar-refractivity contribution in [3.05, 3.63) is 127 Å². The lowest BCUT2D eigenvalue weighted by atomic mass is 10.0. The molecule has 3 aliphatic rings. The van der Waals surface area contributed by atoms with E-state index in [0.29, 0.717) is 40.1 Å². The Balaban J connectivity index is 1.14. The van der Waals surface area contributed by atoms with Crippen LogP contribution in [0.5, 0.6) is 11.5 Å². The molecule has 2 aliphatic heterocycles. The van der Waals surface area contributed by atoms with E-state index in [4.69, 9.17) is 14.5 Å². The molecule has 1 saturated heterocycles. The number of aromatic nitrogens is 1. The Bertz CT molecular complexity index is 2580. The maximum atomic E-state index is 14.4. The monoisotopic (exact) mass is 799 g/mol.